The molecule has 0 aromatic carbocycles. The summed E-state index contributed by atoms with van der Waals surface area (Å²) in [6, 6.07) is 2.17. The fourth-order valence-corrected chi connectivity index (χ4v) is 1.66. The zero-order valence-electron chi connectivity index (χ0n) is 9.58. The Labute approximate surface area is 91.3 Å². The average Bonchev–Trinajstić information content (AvgIpc) is 3.09. The first-order valence-electron chi connectivity index (χ1n) is 5.91. The molecule has 1 N–H and O–H groups in total. The normalized spacial score (nSPS) is 15.6. The van der Waals surface area contributed by atoms with Crippen molar-refractivity contribution in [1.29, 1.82) is 0 Å². The van der Waals surface area contributed by atoms with Crippen molar-refractivity contribution < 1.29 is 0 Å². The summed E-state index contributed by atoms with van der Waals surface area (Å²) in [5.41, 5.74) is 2.44. The van der Waals surface area contributed by atoms with Crippen molar-refractivity contribution in [3.8, 4) is 0 Å². The smallest absolute Gasteiger partial charge is 0.142 e. The Morgan fingerprint density at radius 1 is 1.33 bits per heavy atom. The first-order chi connectivity index (χ1) is 7.33. The van der Waals surface area contributed by atoms with Crippen molar-refractivity contribution in [3.05, 3.63) is 23.3 Å². The fraction of sp³-hybridized carbons (Fsp3) is 0.667. The van der Waals surface area contributed by atoms with Crippen molar-refractivity contribution in [2.45, 2.75) is 45.6 Å². The topological polar surface area (TPSA) is 37.8 Å². The van der Waals surface area contributed by atoms with Crippen LogP contribution < -0.4 is 5.32 Å². The first kappa shape index (κ1) is 10.6. The Hall–Kier alpha value is -0.960. The summed E-state index contributed by atoms with van der Waals surface area (Å²) in [6.45, 7) is 6.02. The summed E-state index contributed by atoms with van der Waals surface area (Å²) in [5, 5.41) is 3.28. The molecular weight excluding hydrogens is 186 g/mol. The second kappa shape index (κ2) is 4.71. The van der Waals surface area contributed by atoms with Gasteiger partial charge in [-0.3, -0.25) is 0 Å². The lowest BCUT2D eigenvalue weighted by Crippen LogP contribution is -2.15. The van der Waals surface area contributed by atoms with Gasteiger partial charge in [-0.1, -0.05) is 13.8 Å². The van der Waals surface area contributed by atoms with Crippen LogP contribution in [0.3, 0.4) is 0 Å². The molecule has 0 radical (unpaired) electrons. The molecule has 0 saturated heterocycles. The fourth-order valence-electron chi connectivity index (χ4n) is 1.66. The molecule has 1 heterocycles. The molecule has 0 amide bonds. The summed E-state index contributed by atoms with van der Waals surface area (Å²) in [7, 11) is 0. The van der Waals surface area contributed by atoms with Crippen LogP contribution in [0.1, 0.15) is 49.8 Å². The second-order valence-corrected chi connectivity index (χ2v) is 4.11. The van der Waals surface area contributed by atoms with Crippen molar-refractivity contribution in [2.24, 2.45) is 0 Å². The van der Waals surface area contributed by atoms with Crippen molar-refractivity contribution in [2.75, 3.05) is 6.54 Å². The Kier molecular flexibility index (Phi) is 3.31. The maximum Gasteiger partial charge on any atom is 0.142 e. The number of hydrogen-bond donors (Lipinski definition) is 1. The molecule has 0 bridgehead atoms. The van der Waals surface area contributed by atoms with Crippen LogP contribution in [0.5, 0.6) is 0 Å². The Morgan fingerprint density at radius 3 is 2.73 bits per heavy atom. The maximum atomic E-state index is 4.61. The van der Waals surface area contributed by atoms with E-state index in [4.69, 9.17) is 0 Å². The van der Waals surface area contributed by atoms with Gasteiger partial charge in [-0.05, 0) is 31.9 Å². The minimum atomic E-state index is 0.721. The van der Waals surface area contributed by atoms with Crippen LogP contribution in [0.2, 0.25) is 0 Å². The van der Waals surface area contributed by atoms with E-state index in [0.29, 0.717) is 0 Å². The van der Waals surface area contributed by atoms with E-state index in [1.807, 2.05) is 0 Å². The van der Waals surface area contributed by atoms with Crippen LogP contribution in [0.15, 0.2) is 6.07 Å². The Morgan fingerprint density at radius 2 is 2.13 bits per heavy atom. The lowest BCUT2D eigenvalue weighted by Gasteiger charge is -2.06. The number of nitrogens with zero attached hydrogens (tertiary/aromatic N) is 2. The van der Waals surface area contributed by atoms with Crippen LogP contribution in [0, 0.1) is 0 Å². The molecule has 0 aliphatic heterocycles. The summed E-state index contributed by atoms with van der Waals surface area (Å²) < 4.78 is 0. The predicted molar refractivity (Wildman–Crippen MR) is 60.8 cm³/mol. The van der Waals surface area contributed by atoms with E-state index in [1.54, 1.807) is 0 Å². The Bertz CT molecular complexity index is 332. The third kappa shape index (κ3) is 2.75. The highest BCUT2D eigenvalue weighted by molar-refractivity contribution is 5.19. The molecule has 15 heavy (non-hydrogen) atoms. The van der Waals surface area contributed by atoms with Gasteiger partial charge in [0.05, 0.1) is 6.54 Å². The molecule has 1 aromatic heterocycles. The van der Waals surface area contributed by atoms with E-state index in [0.717, 1.165) is 31.3 Å². The van der Waals surface area contributed by atoms with E-state index in [2.05, 4.69) is 35.2 Å². The third-order valence-corrected chi connectivity index (χ3v) is 2.74. The zero-order valence-corrected chi connectivity index (χ0v) is 9.58. The molecule has 2 rings (SSSR count). The number of nitrogens with one attached hydrogen (secondary N) is 1. The highest BCUT2D eigenvalue weighted by Crippen LogP contribution is 2.39. The Balaban J connectivity index is 2.16. The van der Waals surface area contributed by atoms with Gasteiger partial charge in [0.15, 0.2) is 0 Å². The largest absolute Gasteiger partial charge is 0.310 e. The van der Waals surface area contributed by atoms with Gasteiger partial charge in [-0.2, -0.15) is 0 Å². The number of hydrogen-bond acceptors (Lipinski definition) is 3. The quantitative estimate of drug-likeness (QED) is 0.799. The van der Waals surface area contributed by atoms with Crippen LogP contribution in [0.25, 0.3) is 0 Å². The van der Waals surface area contributed by atoms with Gasteiger partial charge in [-0.25, -0.2) is 9.97 Å². The summed E-state index contributed by atoms with van der Waals surface area (Å²) >= 11 is 0. The number of aromatic nitrogens is 2. The molecule has 0 atom stereocenters. The molecule has 0 spiro atoms. The van der Waals surface area contributed by atoms with Gasteiger partial charge in [0.25, 0.3) is 0 Å². The van der Waals surface area contributed by atoms with Crippen LogP contribution in [-0.2, 0) is 13.0 Å². The highest BCUT2D eigenvalue weighted by atomic mass is 15.0. The average molecular weight is 205 g/mol. The van der Waals surface area contributed by atoms with E-state index < -0.39 is 0 Å². The molecule has 1 saturated carbocycles. The lowest BCUT2D eigenvalue weighted by atomic mass is 10.2. The van der Waals surface area contributed by atoms with Crippen LogP contribution in [0.4, 0.5) is 0 Å². The summed E-state index contributed by atoms with van der Waals surface area (Å²) in [5.74, 6) is 1.68. The lowest BCUT2D eigenvalue weighted by molar-refractivity contribution is 0.678. The number of aryl methyl sites for hydroxylation is 1. The van der Waals surface area contributed by atoms with Gasteiger partial charge >= 0.3 is 0 Å². The van der Waals surface area contributed by atoms with Gasteiger partial charge < -0.3 is 5.32 Å². The van der Waals surface area contributed by atoms with Gasteiger partial charge in [0.2, 0.25) is 0 Å². The first-order valence-corrected chi connectivity index (χ1v) is 5.91. The minimum absolute atomic E-state index is 0.721. The second-order valence-electron chi connectivity index (χ2n) is 4.11. The molecule has 1 aromatic rings. The standard InChI is InChI=1S/C12H19N3/c1-3-10-7-11(9-5-6-9)15-12(14-10)8-13-4-2/h7,9,13H,3-6,8H2,1-2H3. The van der Waals surface area contributed by atoms with Crippen LogP contribution >= 0.6 is 0 Å². The molecular formula is C12H19N3. The van der Waals surface area contributed by atoms with Gasteiger partial charge in [0.1, 0.15) is 5.82 Å². The van der Waals surface area contributed by atoms with E-state index in [9.17, 15) is 0 Å². The van der Waals surface area contributed by atoms with Crippen molar-refractivity contribution in [3.63, 3.8) is 0 Å². The predicted octanol–water partition coefficient (Wildman–Crippen LogP) is 2.03. The van der Waals surface area contributed by atoms with E-state index >= 15 is 0 Å². The summed E-state index contributed by atoms with van der Waals surface area (Å²) in [6.07, 6.45) is 3.61. The van der Waals surface area contributed by atoms with E-state index in [-0.39, 0.29) is 0 Å². The SMILES string of the molecule is CCNCc1nc(CC)cc(C2CC2)n1. The highest BCUT2D eigenvalue weighted by Gasteiger charge is 2.25. The molecule has 3 heteroatoms. The summed E-state index contributed by atoms with van der Waals surface area (Å²) in [4.78, 5) is 9.13. The van der Waals surface area contributed by atoms with Gasteiger partial charge in [-0.15, -0.1) is 0 Å². The molecule has 82 valence electrons. The van der Waals surface area contributed by atoms with E-state index in [1.165, 1.54) is 24.2 Å². The molecule has 1 fully saturated rings. The molecule has 1 aliphatic rings. The van der Waals surface area contributed by atoms with Crippen LogP contribution in [-0.4, -0.2) is 16.5 Å². The molecule has 1 aliphatic carbocycles. The number of rotatable bonds is 5. The monoisotopic (exact) mass is 205 g/mol. The maximum absolute atomic E-state index is 4.61. The molecule has 0 unspecified atom stereocenters. The zero-order chi connectivity index (χ0) is 10.7. The molecule has 3 nitrogen and oxygen atoms in total. The van der Waals surface area contributed by atoms with Crippen molar-refractivity contribution in [1.82, 2.24) is 15.3 Å². The minimum Gasteiger partial charge on any atom is -0.310 e. The van der Waals surface area contributed by atoms with Crippen molar-refractivity contribution >= 4 is 0 Å². The third-order valence-electron chi connectivity index (χ3n) is 2.74. The van der Waals surface area contributed by atoms with Gasteiger partial charge in [0, 0.05) is 17.3 Å².